The minimum Gasteiger partial charge on any atom is -0.479 e. The molecule has 1 heterocycles. The predicted octanol–water partition coefficient (Wildman–Crippen LogP) is 3.09. The Bertz CT molecular complexity index is 979. The van der Waals surface area contributed by atoms with E-state index in [-0.39, 0.29) is 5.91 Å². The molecule has 0 radical (unpaired) electrons. The van der Waals surface area contributed by atoms with E-state index in [1.165, 1.54) is 13.1 Å². The number of carboxylic acid groups (broad SMARTS) is 1. The minimum absolute atomic E-state index is 0.323. The number of rotatable bonds is 7. The number of nitrogens with zero attached hydrogens (tertiary/aromatic N) is 2. The minimum atomic E-state index is -1.03. The van der Waals surface area contributed by atoms with Gasteiger partial charge in [-0.2, -0.15) is 5.10 Å². The highest BCUT2D eigenvalue weighted by atomic mass is 16.5. The van der Waals surface area contributed by atoms with Crippen LogP contribution in [0.15, 0.2) is 78.2 Å². The third kappa shape index (κ3) is 4.64. The van der Waals surface area contributed by atoms with Gasteiger partial charge in [-0.05, 0) is 61.0 Å². The molecule has 1 atom stereocenters. The number of nitrogens with one attached hydrogen (secondary N) is 1. The Morgan fingerprint density at radius 1 is 1.07 bits per heavy atom. The van der Waals surface area contributed by atoms with Gasteiger partial charge in [-0.15, -0.1) is 0 Å². The topological polar surface area (TPSA) is 92.9 Å². The smallest absolute Gasteiger partial charge is 0.344 e. The van der Waals surface area contributed by atoms with Crippen LogP contribution >= 0.6 is 0 Å². The Kier molecular flexibility index (Phi) is 5.86. The van der Waals surface area contributed by atoms with Crippen LogP contribution in [-0.4, -0.2) is 33.9 Å². The Labute approximate surface area is 161 Å². The fraction of sp³-hybridized carbons (Fsp3) is 0.0952. The summed E-state index contributed by atoms with van der Waals surface area (Å²) in [6.45, 7) is 1.46. The van der Waals surface area contributed by atoms with Gasteiger partial charge in [0, 0.05) is 12.4 Å². The van der Waals surface area contributed by atoms with Crippen molar-refractivity contribution in [3.05, 3.63) is 84.2 Å². The molecule has 3 aromatic rings. The van der Waals surface area contributed by atoms with Crippen molar-refractivity contribution in [2.75, 3.05) is 0 Å². The number of carbonyl (C=O) groups excluding carboxylic acids is 1. The molecule has 7 nitrogen and oxygen atoms in total. The average molecular weight is 377 g/mol. The predicted molar refractivity (Wildman–Crippen MR) is 105 cm³/mol. The van der Waals surface area contributed by atoms with Crippen LogP contribution < -0.4 is 10.2 Å². The molecule has 142 valence electrons. The largest absolute Gasteiger partial charge is 0.479 e. The van der Waals surface area contributed by atoms with Crippen molar-refractivity contribution in [3.63, 3.8) is 0 Å². The fourth-order valence-electron chi connectivity index (χ4n) is 2.50. The summed E-state index contributed by atoms with van der Waals surface area (Å²) >= 11 is 0. The summed E-state index contributed by atoms with van der Waals surface area (Å²) in [7, 11) is 0. The van der Waals surface area contributed by atoms with Gasteiger partial charge in [0.1, 0.15) is 5.75 Å². The van der Waals surface area contributed by atoms with E-state index in [1.807, 2.05) is 41.2 Å². The van der Waals surface area contributed by atoms with E-state index < -0.39 is 12.1 Å². The van der Waals surface area contributed by atoms with Crippen LogP contribution in [0.4, 0.5) is 0 Å². The SMILES string of the molecule is CC(Oc1ccc(/C=N/NC(=O)c2ccccc2-n2cccc2)cc1)C(=O)O. The first kappa shape index (κ1) is 18.9. The summed E-state index contributed by atoms with van der Waals surface area (Å²) in [4.78, 5) is 23.3. The first-order valence-electron chi connectivity index (χ1n) is 8.60. The molecule has 0 aliphatic carbocycles. The number of hydrogen-bond acceptors (Lipinski definition) is 4. The van der Waals surface area contributed by atoms with Gasteiger partial charge in [0.2, 0.25) is 0 Å². The monoisotopic (exact) mass is 377 g/mol. The number of carbonyl (C=O) groups is 2. The number of benzene rings is 2. The molecule has 2 N–H and O–H groups in total. The van der Waals surface area contributed by atoms with Gasteiger partial charge in [-0.25, -0.2) is 10.2 Å². The average Bonchev–Trinajstić information content (AvgIpc) is 3.24. The van der Waals surface area contributed by atoms with Gasteiger partial charge in [0.05, 0.1) is 17.5 Å². The molecule has 0 aliphatic heterocycles. The second-order valence-corrected chi connectivity index (χ2v) is 5.97. The lowest BCUT2D eigenvalue weighted by atomic mass is 10.1. The molecular weight excluding hydrogens is 358 g/mol. The molecular formula is C21H19N3O4. The van der Waals surface area contributed by atoms with E-state index in [4.69, 9.17) is 9.84 Å². The van der Waals surface area contributed by atoms with Crippen molar-refractivity contribution in [1.82, 2.24) is 9.99 Å². The van der Waals surface area contributed by atoms with Gasteiger partial charge < -0.3 is 14.4 Å². The zero-order valence-electron chi connectivity index (χ0n) is 15.1. The number of hydrazone groups is 1. The Morgan fingerprint density at radius 3 is 2.43 bits per heavy atom. The second kappa shape index (κ2) is 8.68. The zero-order valence-corrected chi connectivity index (χ0v) is 15.1. The maximum absolute atomic E-state index is 12.5. The highest BCUT2D eigenvalue weighted by Crippen LogP contribution is 2.15. The Balaban J connectivity index is 1.64. The van der Waals surface area contributed by atoms with Crippen molar-refractivity contribution >= 4 is 18.1 Å². The van der Waals surface area contributed by atoms with Crippen LogP contribution in [0.25, 0.3) is 5.69 Å². The second-order valence-electron chi connectivity index (χ2n) is 5.97. The van der Waals surface area contributed by atoms with Gasteiger partial charge in [-0.3, -0.25) is 4.79 Å². The third-order valence-electron chi connectivity index (χ3n) is 3.95. The van der Waals surface area contributed by atoms with Crippen molar-refractivity contribution in [2.24, 2.45) is 5.10 Å². The van der Waals surface area contributed by atoms with Crippen LogP contribution in [0.5, 0.6) is 5.75 Å². The van der Waals surface area contributed by atoms with E-state index in [2.05, 4.69) is 10.5 Å². The Hall–Kier alpha value is -3.87. The van der Waals surface area contributed by atoms with Crippen LogP contribution in [0, 0.1) is 0 Å². The lowest BCUT2D eigenvalue weighted by Gasteiger charge is -2.10. The van der Waals surface area contributed by atoms with E-state index >= 15 is 0 Å². The lowest BCUT2D eigenvalue weighted by Crippen LogP contribution is -2.22. The van der Waals surface area contributed by atoms with Crippen molar-refractivity contribution in [3.8, 4) is 11.4 Å². The number of ether oxygens (including phenoxy) is 1. The number of aromatic nitrogens is 1. The number of aliphatic carboxylic acids is 1. The maximum atomic E-state index is 12.5. The molecule has 0 saturated carbocycles. The van der Waals surface area contributed by atoms with Crippen LogP contribution in [0.2, 0.25) is 0 Å². The number of hydrogen-bond donors (Lipinski definition) is 2. The molecule has 7 heteroatoms. The molecule has 1 aromatic heterocycles. The molecule has 28 heavy (non-hydrogen) atoms. The highest BCUT2D eigenvalue weighted by molar-refractivity contribution is 5.98. The van der Waals surface area contributed by atoms with Gasteiger partial charge >= 0.3 is 5.97 Å². The molecule has 0 spiro atoms. The van der Waals surface area contributed by atoms with Crippen LogP contribution in [0.3, 0.4) is 0 Å². The van der Waals surface area contributed by atoms with Crippen molar-refractivity contribution in [1.29, 1.82) is 0 Å². The van der Waals surface area contributed by atoms with E-state index in [0.717, 1.165) is 11.3 Å². The number of para-hydroxylation sites is 1. The van der Waals surface area contributed by atoms with E-state index in [9.17, 15) is 9.59 Å². The fourth-order valence-corrected chi connectivity index (χ4v) is 2.50. The number of carboxylic acids is 1. The summed E-state index contributed by atoms with van der Waals surface area (Å²) in [6, 6.07) is 17.7. The summed E-state index contributed by atoms with van der Waals surface area (Å²) in [5, 5.41) is 12.8. The standard InChI is InChI=1S/C21H19N3O4/c1-15(21(26)27)28-17-10-8-16(9-11-17)14-22-23-20(25)18-6-2-3-7-19(18)24-12-4-5-13-24/h2-15H,1H3,(H,23,25)(H,26,27)/b22-14+. The molecule has 0 aliphatic rings. The lowest BCUT2D eigenvalue weighted by molar-refractivity contribution is -0.144. The quantitative estimate of drug-likeness (QED) is 0.489. The van der Waals surface area contributed by atoms with Gasteiger partial charge in [0.15, 0.2) is 6.10 Å². The number of amides is 1. The molecule has 0 bridgehead atoms. The third-order valence-corrected chi connectivity index (χ3v) is 3.95. The van der Waals surface area contributed by atoms with E-state index in [0.29, 0.717) is 11.3 Å². The maximum Gasteiger partial charge on any atom is 0.344 e. The molecule has 2 aromatic carbocycles. The molecule has 0 fully saturated rings. The summed E-state index contributed by atoms with van der Waals surface area (Å²) in [5.74, 6) is -0.916. The first-order valence-corrected chi connectivity index (χ1v) is 8.60. The summed E-state index contributed by atoms with van der Waals surface area (Å²) < 4.78 is 7.12. The summed E-state index contributed by atoms with van der Waals surface area (Å²) in [5.41, 5.74) is 4.51. The molecule has 3 rings (SSSR count). The van der Waals surface area contributed by atoms with Crippen molar-refractivity contribution in [2.45, 2.75) is 13.0 Å². The van der Waals surface area contributed by atoms with Crippen molar-refractivity contribution < 1.29 is 19.4 Å². The van der Waals surface area contributed by atoms with Gasteiger partial charge in [-0.1, -0.05) is 12.1 Å². The molecule has 1 amide bonds. The summed E-state index contributed by atoms with van der Waals surface area (Å²) in [6.07, 6.45) is 4.30. The normalized spacial score (nSPS) is 11.9. The molecule has 1 unspecified atom stereocenters. The van der Waals surface area contributed by atoms with Gasteiger partial charge in [0.25, 0.3) is 5.91 Å². The zero-order chi connectivity index (χ0) is 19.9. The van der Waals surface area contributed by atoms with E-state index in [1.54, 1.807) is 36.4 Å². The highest BCUT2D eigenvalue weighted by Gasteiger charge is 2.12. The van der Waals surface area contributed by atoms with Crippen LogP contribution in [0.1, 0.15) is 22.8 Å². The Morgan fingerprint density at radius 2 is 1.75 bits per heavy atom. The van der Waals surface area contributed by atoms with Crippen LogP contribution in [-0.2, 0) is 4.79 Å². The first-order chi connectivity index (χ1) is 13.5. The molecule has 0 saturated heterocycles.